The molecule has 0 aliphatic rings. The van der Waals surface area contributed by atoms with Crippen LogP contribution in [0.25, 0.3) is 0 Å². The van der Waals surface area contributed by atoms with E-state index in [2.05, 4.69) is 4.72 Å². The van der Waals surface area contributed by atoms with E-state index in [1.165, 1.54) is 12.1 Å². The van der Waals surface area contributed by atoms with Crippen molar-refractivity contribution in [2.75, 3.05) is 10.5 Å². The third-order valence-corrected chi connectivity index (χ3v) is 5.34. The molecule has 0 radical (unpaired) electrons. The van der Waals surface area contributed by atoms with Gasteiger partial charge in [0, 0.05) is 6.07 Å². The molecule has 0 unspecified atom stereocenters. The first-order chi connectivity index (χ1) is 9.70. The number of nitrogens with two attached hydrogens (primary N) is 1. The zero-order valence-corrected chi connectivity index (χ0v) is 12.3. The third kappa shape index (κ3) is 3.11. The smallest absolute Gasteiger partial charge is 0.304 e. The maximum absolute atomic E-state index is 13.6. The zero-order chi connectivity index (χ0) is 15.8. The first-order valence-corrected chi connectivity index (χ1v) is 7.83. The second-order valence-corrected chi connectivity index (χ2v) is 7.15. The summed E-state index contributed by atoms with van der Waals surface area (Å²) in [6.07, 6.45) is 0. The van der Waals surface area contributed by atoms with E-state index < -0.39 is 26.5 Å². The molecule has 0 amide bonds. The summed E-state index contributed by atoms with van der Waals surface area (Å²) in [6, 6.07) is 4.77. The minimum atomic E-state index is -4.14. The van der Waals surface area contributed by atoms with E-state index in [1.807, 2.05) is 0 Å². The van der Waals surface area contributed by atoms with Crippen LogP contribution in [0.15, 0.2) is 28.5 Å². The molecular formula is C11H10FN3O4S2. The Balaban J connectivity index is 2.41. The SMILES string of the molecule is Cc1ccc(F)c(NS(=O)(=O)c2cc([N+](=O)[O-])c(N)s2)c1. The second kappa shape index (κ2) is 5.30. The normalized spacial score (nSPS) is 11.3. The largest absolute Gasteiger partial charge is 0.385 e. The Morgan fingerprint density at radius 1 is 1.38 bits per heavy atom. The topological polar surface area (TPSA) is 115 Å². The molecule has 0 saturated carbocycles. The monoisotopic (exact) mass is 331 g/mol. The van der Waals surface area contributed by atoms with E-state index in [9.17, 15) is 22.9 Å². The molecule has 0 fully saturated rings. The highest BCUT2D eigenvalue weighted by molar-refractivity contribution is 7.94. The molecule has 2 rings (SSSR count). The number of aryl methyl sites for hydroxylation is 1. The van der Waals surface area contributed by atoms with Gasteiger partial charge in [-0.2, -0.15) is 0 Å². The molecule has 10 heteroatoms. The lowest BCUT2D eigenvalue weighted by Crippen LogP contribution is -2.12. The van der Waals surface area contributed by atoms with Crippen molar-refractivity contribution >= 4 is 37.7 Å². The fraction of sp³-hybridized carbons (Fsp3) is 0.0909. The molecule has 21 heavy (non-hydrogen) atoms. The highest BCUT2D eigenvalue weighted by Gasteiger charge is 2.25. The minimum Gasteiger partial charge on any atom is -0.385 e. The second-order valence-electron chi connectivity index (χ2n) is 4.16. The van der Waals surface area contributed by atoms with Crippen molar-refractivity contribution in [1.82, 2.24) is 0 Å². The minimum absolute atomic E-state index is 0.231. The van der Waals surface area contributed by atoms with E-state index >= 15 is 0 Å². The maximum atomic E-state index is 13.6. The first-order valence-electron chi connectivity index (χ1n) is 5.53. The van der Waals surface area contributed by atoms with E-state index in [0.717, 1.165) is 12.1 Å². The molecule has 0 aliphatic carbocycles. The van der Waals surface area contributed by atoms with Crippen LogP contribution in [0.3, 0.4) is 0 Å². The third-order valence-electron chi connectivity index (χ3n) is 2.55. The summed E-state index contributed by atoms with van der Waals surface area (Å²) in [5.74, 6) is -0.747. The zero-order valence-electron chi connectivity index (χ0n) is 10.7. The average Bonchev–Trinajstić information content (AvgIpc) is 2.77. The van der Waals surface area contributed by atoms with Gasteiger partial charge in [0.05, 0.1) is 10.6 Å². The van der Waals surface area contributed by atoms with Crippen LogP contribution < -0.4 is 10.5 Å². The summed E-state index contributed by atoms with van der Waals surface area (Å²) in [6.45, 7) is 1.67. The van der Waals surface area contributed by atoms with E-state index in [1.54, 1.807) is 6.92 Å². The molecule has 0 aliphatic heterocycles. The molecule has 0 saturated heterocycles. The van der Waals surface area contributed by atoms with Crippen molar-refractivity contribution in [3.05, 3.63) is 45.8 Å². The van der Waals surface area contributed by atoms with Crippen LogP contribution in [-0.2, 0) is 10.0 Å². The molecule has 7 nitrogen and oxygen atoms in total. The summed E-state index contributed by atoms with van der Waals surface area (Å²) < 4.78 is 39.5. The number of nitro groups is 1. The number of benzene rings is 1. The molecule has 1 aromatic carbocycles. The fourth-order valence-electron chi connectivity index (χ4n) is 1.56. The Morgan fingerprint density at radius 3 is 2.62 bits per heavy atom. The number of anilines is 2. The van der Waals surface area contributed by atoms with Crippen LogP contribution in [0.1, 0.15) is 5.56 Å². The van der Waals surface area contributed by atoms with Gasteiger partial charge in [0.25, 0.3) is 10.0 Å². The lowest BCUT2D eigenvalue weighted by Gasteiger charge is -2.07. The van der Waals surface area contributed by atoms with Crippen molar-refractivity contribution in [1.29, 1.82) is 0 Å². The summed E-state index contributed by atoms with van der Waals surface area (Å²) in [5.41, 5.74) is 5.33. The van der Waals surface area contributed by atoms with Crippen molar-refractivity contribution in [2.45, 2.75) is 11.1 Å². The highest BCUT2D eigenvalue weighted by Crippen LogP contribution is 2.35. The molecule has 0 bridgehead atoms. The van der Waals surface area contributed by atoms with Gasteiger partial charge in [-0.05, 0) is 24.6 Å². The number of thiophene rings is 1. The standard InChI is InChI=1S/C11H10FN3O4S2/c1-6-2-3-7(12)8(4-6)14-21(18,19)10-5-9(15(16)17)11(13)20-10/h2-5,14H,13H2,1H3. The Hall–Kier alpha value is -2.20. The maximum Gasteiger partial charge on any atom is 0.304 e. The number of hydrogen-bond donors (Lipinski definition) is 2. The Labute approximate surface area is 123 Å². The van der Waals surface area contributed by atoms with Crippen LogP contribution in [0.4, 0.5) is 20.8 Å². The predicted octanol–water partition coefficient (Wildman–Crippen LogP) is 2.49. The molecule has 112 valence electrons. The van der Waals surface area contributed by atoms with Gasteiger partial charge >= 0.3 is 5.69 Å². The van der Waals surface area contributed by atoms with Gasteiger partial charge in [0.1, 0.15) is 10.0 Å². The molecule has 1 aromatic heterocycles. The van der Waals surface area contributed by atoms with E-state index in [0.29, 0.717) is 16.9 Å². The van der Waals surface area contributed by atoms with Crippen LogP contribution in [0.2, 0.25) is 0 Å². The number of nitrogens with zero attached hydrogens (tertiary/aromatic N) is 1. The number of sulfonamides is 1. The summed E-state index contributed by atoms with van der Waals surface area (Å²) >= 11 is 0.542. The van der Waals surface area contributed by atoms with Gasteiger partial charge in [0.15, 0.2) is 5.00 Å². The Kier molecular flexibility index (Phi) is 3.83. The van der Waals surface area contributed by atoms with Gasteiger partial charge in [-0.15, -0.1) is 0 Å². The molecule has 2 aromatic rings. The van der Waals surface area contributed by atoms with Gasteiger partial charge in [0.2, 0.25) is 0 Å². The van der Waals surface area contributed by atoms with Crippen molar-refractivity contribution in [3.8, 4) is 0 Å². The lowest BCUT2D eigenvalue weighted by molar-refractivity contribution is -0.383. The molecular weight excluding hydrogens is 321 g/mol. The molecule has 3 N–H and O–H groups in total. The quantitative estimate of drug-likeness (QED) is 0.659. The molecule has 0 spiro atoms. The van der Waals surface area contributed by atoms with Gasteiger partial charge in [-0.3, -0.25) is 14.8 Å². The number of hydrogen-bond acceptors (Lipinski definition) is 6. The number of nitrogens with one attached hydrogen (secondary N) is 1. The summed E-state index contributed by atoms with van der Waals surface area (Å²) in [7, 11) is -4.14. The Bertz CT molecular complexity index is 817. The summed E-state index contributed by atoms with van der Waals surface area (Å²) in [5, 5.41) is 10.4. The first kappa shape index (κ1) is 15.2. The van der Waals surface area contributed by atoms with Gasteiger partial charge in [-0.1, -0.05) is 17.4 Å². The van der Waals surface area contributed by atoms with Gasteiger partial charge in [-0.25, -0.2) is 12.8 Å². The number of nitrogen functional groups attached to an aromatic ring is 1. The predicted molar refractivity (Wildman–Crippen MR) is 77.3 cm³/mol. The molecule has 0 atom stereocenters. The van der Waals surface area contributed by atoms with Crippen molar-refractivity contribution in [2.24, 2.45) is 0 Å². The van der Waals surface area contributed by atoms with E-state index in [-0.39, 0.29) is 14.9 Å². The van der Waals surface area contributed by atoms with Crippen LogP contribution in [0.5, 0.6) is 0 Å². The molecule has 1 heterocycles. The van der Waals surface area contributed by atoms with Crippen molar-refractivity contribution in [3.63, 3.8) is 0 Å². The van der Waals surface area contributed by atoms with Crippen LogP contribution in [-0.4, -0.2) is 13.3 Å². The summed E-state index contributed by atoms with van der Waals surface area (Å²) in [4.78, 5) is 9.90. The average molecular weight is 331 g/mol. The number of rotatable bonds is 4. The van der Waals surface area contributed by atoms with E-state index in [4.69, 9.17) is 5.73 Å². The van der Waals surface area contributed by atoms with Crippen LogP contribution in [0, 0.1) is 22.9 Å². The highest BCUT2D eigenvalue weighted by atomic mass is 32.2. The van der Waals surface area contributed by atoms with Gasteiger partial charge < -0.3 is 5.73 Å². The Morgan fingerprint density at radius 2 is 2.05 bits per heavy atom. The number of halogens is 1. The van der Waals surface area contributed by atoms with Crippen LogP contribution >= 0.6 is 11.3 Å². The lowest BCUT2D eigenvalue weighted by atomic mass is 10.2. The van der Waals surface area contributed by atoms with Crippen molar-refractivity contribution < 1.29 is 17.7 Å². The fourth-order valence-corrected chi connectivity index (χ4v) is 3.83.